The highest BCUT2D eigenvalue weighted by atomic mass is 16.3. The highest BCUT2D eigenvalue weighted by molar-refractivity contribution is 4.78. The molecule has 0 aromatic heterocycles. The van der Waals surface area contributed by atoms with Gasteiger partial charge in [0.25, 0.3) is 0 Å². The van der Waals surface area contributed by atoms with Gasteiger partial charge in [0.1, 0.15) is 0 Å². The maximum absolute atomic E-state index is 11.4. The predicted octanol–water partition coefficient (Wildman–Crippen LogP) is 2.88. The molecule has 0 aromatic rings. The molecule has 1 heteroatoms. The van der Waals surface area contributed by atoms with E-state index in [2.05, 4.69) is 20.8 Å². The summed E-state index contributed by atoms with van der Waals surface area (Å²) in [6, 6.07) is 0. The van der Waals surface area contributed by atoms with Gasteiger partial charge in [0, 0.05) is 0 Å². The molecule has 0 heterocycles. The van der Waals surface area contributed by atoms with Crippen LogP contribution in [0, 0.1) is 17.8 Å². The summed E-state index contributed by atoms with van der Waals surface area (Å²) in [5.74, 6) is 1.83. The quantitative estimate of drug-likeness (QED) is 0.555. The fraction of sp³-hybridized carbons (Fsp3) is 1.00. The number of hydrogen-bond acceptors (Lipinski definition) is 0. The van der Waals surface area contributed by atoms with Crippen LogP contribution in [0.5, 0.6) is 0 Å². The summed E-state index contributed by atoms with van der Waals surface area (Å²) in [5, 5.41) is 11.4. The van der Waals surface area contributed by atoms with Crippen molar-refractivity contribution in [3.8, 4) is 0 Å². The van der Waals surface area contributed by atoms with Crippen LogP contribution < -0.4 is 0 Å². The summed E-state index contributed by atoms with van der Waals surface area (Å²) in [4.78, 5) is 0. The molecule has 0 bridgehead atoms. The smallest absolute Gasteiger partial charge is 0.0958 e. The molecule has 1 aliphatic rings. The van der Waals surface area contributed by atoms with Gasteiger partial charge in [0.15, 0.2) is 0 Å². The largest absolute Gasteiger partial charge is 0.233 e. The molecule has 3 unspecified atom stereocenters. The van der Waals surface area contributed by atoms with Crippen molar-refractivity contribution in [3.05, 3.63) is 0 Å². The molecule has 1 aliphatic carbocycles. The van der Waals surface area contributed by atoms with E-state index in [0.29, 0.717) is 17.8 Å². The molecular formula is C10H19O. The Balaban J connectivity index is 2.40. The lowest BCUT2D eigenvalue weighted by Gasteiger charge is -2.31. The van der Waals surface area contributed by atoms with Crippen LogP contribution in [0.1, 0.15) is 40.0 Å². The first-order valence-electron chi connectivity index (χ1n) is 4.77. The molecule has 0 aromatic carbocycles. The lowest BCUT2D eigenvalue weighted by atomic mass is 9.76. The molecular weight excluding hydrogens is 136 g/mol. The Morgan fingerprint density at radius 3 is 2.36 bits per heavy atom. The minimum absolute atomic E-state index is 0.281. The molecule has 11 heavy (non-hydrogen) atoms. The summed E-state index contributed by atoms with van der Waals surface area (Å²) in [6.07, 6.45) is 3.06. The summed E-state index contributed by atoms with van der Waals surface area (Å²) in [6.45, 7) is 6.55. The molecule has 1 nitrogen and oxygen atoms in total. The average molecular weight is 155 g/mol. The maximum Gasteiger partial charge on any atom is 0.0958 e. The standard InChI is InChI=1S/C10H19O/c1-7(2)9-5-4-8(3)10(11)6-9/h7-10H,4-6H2,1-3H3. The zero-order chi connectivity index (χ0) is 8.43. The first kappa shape index (κ1) is 9.05. The Hall–Kier alpha value is -0.0400. The second kappa shape index (κ2) is 3.57. The molecule has 3 atom stereocenters. The zero-order valence-electron chi connectivity index (χ0n) is 7.84. The summed E-state index contributed by atoms with van der Waals surface area (Å²) >= 11 is 0. The Kier molecular flexibility index (Phi) is 2.94. The van der Waals surface area contributed by atoms with Crippen LogP contribution in [0.2, 0.25) is 0 Å². The van der Waals surface area contributed by atoms with Crippen molar-refractivity contribution in [1.29, 1.82) is 0 Å². The zero-order valence-corrected chi connectivity index (χ0v) is 7.84. The Labute approximate surface area is 69.8 Å². The molecule has 1 radical (unpaired) electrons. The molecule has 0 spiro atoms. The average Bonchev–Trinajstić information content (AvgIpc) is 1.94. The minimum Gasteiger partial charge on any atom is -0.233 e. The first-order valence-corrected chi connectivity index (χ1v) is 4.77. The third-order valence-electron chi connectivity index (χ3n) is 3.11. The van der Waals surface area contributed by atoms with Crippen molar-refractivity contribution in [2.45, 2.75) is 46.1 Å². The van der Waals surface area contributed by atoms with Crippen molar-refractivity contribution >= 4 is 0 Å². The molecule has 0 N–H and O–H groups in total. The Morgan fingerprint density at radius 1 is 1.27 bits per heavy atom. The maximum atomic E-state index is 11.4. The van der Waals surface area contributed by atoms with E-state index in [0.717, 1.165) is 12.8 Å². The van der Waals surface area contributed by atoms with E-state index in [9.17, 15) is 5.11 Å². The van der Waals surface area contributed by atoms with Crippen molar-refractivity contribution in [2.75, 3.05) is 0 Å². The van der Waals surface area contributed by atoms with Crippen LogP contribution in [0.25, 0.3) is 0 Å². The van der Waals surface area contributed by atoms with Crippen LogP contribution in [-0.2, 0) is 5.11 Å². The summed E-state index contributed by atoms with van der Waals surface area (Å²) < 4.78 is 0. The van der Waals surface area contributed by atoms with E-state index >= 15 is 0 Å². The van der Waals surface area contributed by atoms with Gasteiger partial charge in [-0.05, 0) is 37.0 Å². The van der Waals surface area contributed by atoms with E-state index < -0.39 is 0 Å². The van der Waals surface area contributed by atoms with Crippen LogP contribution in [0.3, 0.4) is 0 Å². The highest BCUT2D eigenvalue weighted by Crippen LogP contribution is 2.33. The number of rotatable bonds is 1. The monoisotopic (exact) mass is 155 g/mol. The molecule has 0 amide bonds. The summed E-state index contributed by atoms with van der Waals surface area (Å²) in [7, 11) is 0. The van der Waals surface area contributed by atoms with Crippen molar-refractivity contribution < 1.29 is 5.11 Å². The van der Waals surface area contributed by atoms with Crippen molar-refractivity contribution in [2.24, 2.45) is 17.8 Å². The molecule has 1 rings (SSSR count). The van der Waals surface area contributed by atoms with Crippen LogP contribution >= 0.6 is 0 Å². The molecule has 65 valence electrons. The van der Waals surface area contributed by atoms with Crippen molar-refractivity contribution in [3.63, 3.8) is 0 Å². The van der Waals surface area contributed by atoms with Gasteiger partial charge in [0.2, 0.25) is 0 Å². The highest BCUT2D eigenvalue weighted by Gasteiger charge is 2.28. The second-order valence-electron chi connectivity index (χ2n) is 4.33. The summed E-state index contributed by atoms with van der Waals surface area (Å²) in [5.41, 5.74) is 0. The number of hydrogen-bond donors (Lipinski definition) is 0. The molecule has 0 saturated heterocycles. The van der Waals surface area contributed by atoms with E-state index in [4.69, 9.17) is 0 Å². The fourth-order valence-electron chi connectivity index (χ4n) is 1.92. The first-order chi connectivity index (χ1) is 5.11. The third kappa shape index (κ3) is 2.19. The molecule has 0 aliphatic heterocycles. The van der Waals surface area contributed by atoms with Crippen molar-refractivity contribution in [1.82, 2.24) is 0 Å². The lowest BCUT2D eigenvalue weighted by Crippen LogP contribution is -2.28. The normalized spacial score (nSPS) is 39.5. The predicted molar refractivity (Wildman–Crippen MR) is 45.8 cm³/mol. The molecule has 1 saturated carbocycles. The topological polar surface area (TPSA) is 19.9 Å². The SMILES string of the molecule is CC(C)C1CCC(C)C([O])C1. The van der Waals surface area contributed by atoms with Crippen LogP contribution in [-0.4, -0.2) is 6.10 Å². The Morgan fingerprint density at radius 2 is 1.91 bits per heavy atom. The van der Waals surface area contributed by atoms with Crippen LogP contribution in [0.15, 0.2) is 0 Å². The van der Waals surface area contributed by atoms with Gasteiger partial charge in [0.05, 0.1) is 6.10 Å². The second-order valence-corrected chi connectivity index (χ2v) is 4.33. The minimum atomic E-state index is -0.281. The third-order valence-corrected chi connectivity index (χ3v) is 3.11. The van der Waals surface area contributed by atoms with E-state index in [1.165, 1.54) is 6.42 Å². The van der Waals surface area contributed by atoms with E-state index in [-0.39, 0.29) is 6.10 Å². The lowest BCUT2D eigenvalue weighted by molar-refractivity contribution is -0.0117. The van der Waals surface area contributed by atoms with Crippen LogP contribution in [0.4, 0.5) is 0 Å². The van der Waals surface area contributed by atoms with E-state index in [1.54, 1.807) is 0 Å². The fourth-order valence-corrected chi connectivity index (χ4v) is 1.92. The van der Waals surface area contributed by atoms with E-state index in [1.807, 2.05) is 0 Å². The Bertz CT molecular complexity index is 120. The van der Waals surface area contributed by atoms with Gasteiger partial charge in [-0.25, -0.2) is 5.11 Å². The molecule has 1 fully saturated rings. The van der Waals surface area contributed by atoms with Gasteiger partial charge < -0.3 is 0 Å². The van der Waals surface area contributed by atoms with Gasteiger partial charge in [-0.2, -0.15) is 0 Å². The van der Waals surface area contributed by atoms with Gasteiger partial charge in [-0.15, -0.1) is 0 Å². The van der Waals surface area contributed by atoms with Gasteiger partial charge in [-0.3, -0.25) is 0 Å². The van der Waals surface area contributed by atoms with Gasteiger partial charge >= 0.3 is 0 Å². The van der Waals surface area contributed by atoms with Gasteiger partial charge in [-0.1, -0.05) is 20.8 Å².